The normalized spacial score (nSPS) is 17.5. The first-order valence-corrected chi connectivity index (χ1v) is 8.05. The molecule has 1 aliphatic heterocycles. The largest absolute Gasteiger partial charge is 0.379 e. The van der Waals surface area contributed by atoms with Crippen molar-refractivity contribution in [3.63, 3.8) is 0 Å². The van der Waals surface area contributed by atoms with E-state index in [1.165, 1.54) is 4.31 Å². The molecule has 1 aromatic rings. The van der Waals surface area contributed by atoms with Crippen molar-refractivity contribution in [3.05, 3.63) is 35.4 Å². The summed E-state index contributed by atoms with van der Waals surface area (Å²) in [4.78, 5) is 0. The predicted octanol–water partition coefficient (Wildman–Crippen LogP) is 1.09. The predicted molar refractivity (Wildman–Crippen MR) is 74.2 cm³/mol. The van der Waals surface area contributed by atoms with Crippen LogP contribution in [-0.2, 0) is 27.4 Å². The molecule has 0 aromatic heterocycles. The second-order valence-electron chi connectivity index (χ2n) is 4.29. The summed E-state index contributed by atoms with van der Waals surface area (Å²) < 4.78 is 33.2. The zero-order chi connectivity index (χ0) is 13.7. The molecule has 1 N–H and O–H groups in total. The average molecular weight is 305 g/mol. The maximum Gasteiger partial charge on any atom is 0.279 e. The second-order valence-corrected chi connectivity index (χ2v) is 6.31. The van der Waals surface area contributed by atoms with Crippen molar-refractivity contribution >= 4 is 21.8 Å². The fraction of sp³-hybridized carbons (Fsp3) is 0.500. The molecule has 0 saturated carbocycles. The number of ether oxygens (including phenoxy) is 1. The van der Waals surface area contributed by atoms with E-state index in [-0.39, 0.29) is 6.54 Å². The highest BCUT2D eigenvalue weighted by atomic mass is 35.5. The van der Waals surface area contributed by atoms with Gasteiger partial charge in [0.25, 0.3) is 10.2 Å². The lowest BCUT2D eigenvalue weighted by Crippen LogP contribution is -2.46. The monoisotopic (exact) mass is 304 g/mol. The van der Waals surface area contributed by atoms with E-state index >= 15 is 0 Å². The molecule has 106 valence electrons. The van der Waals surface area contributed by atoms with Gasteiger partial charge in [-0.05, 0) is 11.1 Å². The standard InChI is InChI=1S/C12H17ClN2O3S/c13-9-11-2-1-3-12(8-11)10-14-19(16,17)15-4-6-18-7-5-15/h1-3,8,14H,4-7,9-10H2. The minimum absolute atomic E-state index is 0.268. The molecule has 0 atom stereocenters. The third kappa shape index (κ3) is 4.15. The van der Waals surface area contributed by atoms with Crippen LogP contribution in [0.1, 0.15) is 11.1 Å². The highest BCUT2D eigenvalue weighted by Gasteiger charge is 2.23. The van der Waals surface area contributed by atoms with Gasteiger partial charge in [-0.15, -0.1) is 11.6 Å². The minimum Gasteiger partial charge on any atom is -0.379 e. The molecule has 5 nitrogen and oxygen atoms in total. The van der Waals surface area contributed by atoms with Gasteiger partial charge in [-0.2, -0.15) is 17.4 Å². The number of hydrogen-bond donors (Lipinski definition) is 1. The van der Waals surface area contributed by atoms with Gasteiger partial charge in [0.15, 0.2) is 0 Å². The Hall–Kier alpha value is -0.660. The molecule has 1 saturated heterocycles. The van der Waals surface area contributed by atoms with Crippen LogP contribution in [0.3, 0.4) is 0 Å². The van der Waals surface area contributed by atoms with Gasteiger partial charge in [0.2, 0.25) is 0 Å². The maximum absolute atomic E-state index is 12.0. The van der Waals surface area contributed by atoms with E-state index in [1.54, 1.807) is 0 Å². The number of nitrogens with zero attached hydrogens (tertiary/aromatic N) is 1. The molecule has 0 amide bonds. The molecule has 0 bridgehead atoms. The van der Waals surface area contributed by atoms with Crippen LogP contribution < -0.4 is 4.72 Å². The van der Waals surface area contributed by atoms with Gasteiger partial charge < -0.3 is 4.74 Å². The highest BCUT2D eigenvalue weighted by Crippen LogP contribution is 2.09. The van der Waals surface area contributed by atoms with Crippen LogP contribution in [0.2, 0.25) is 0 Å². The van der Waals surface area contributed by atoms with Crippen LogP contribution in [0.25, 0.3) is 0 Å². The Labute approximate surface area is 118 Å². The van der Waals surface area contributed by atoms with Crippen molar-refractivity contribution < 1.29 is 13.2 Å². The fourth-order valence-corrected chi connectivity index (χ4v) is 3.20. The quantitative estimate of drug-likeness (QED) is 0.829. The van der Waals surface area contributed by atoms with E-state index < -0.39 is 10.2 Å². The summed E-state index contributed by atoms with van der Waals surface area (Å²) in [5, 5.41) is 0. The molecule has 1 aromatic carbocycles. The molecule has 0 radical (unpaired) electrons. The van der Waals surface area contributed by atoms with Crippen LogP contribution in [-0.4, -0.2) is 39.0 Å². The van der Waals surface area contributed by atoms with Gasteiger partial charge in [-0.1, -0.05) is 24.3 Å². The molecule has 19 heavy (non-hydrogen) atoms. The Morgan fingerprint density at radius 2 is 1.95 bits per heavy atom. The lowest BCUT2D eigenvalue weighted by Gasteiger charge is -2.26. The average Bonchev–Trinajstić information content (AvgIpc) is 2.46. The molecular formula is C12H17ClN2O3S. The van der Waals surface area contributed by atoms with Gasteiger partial charge in [0, 0.05) is 25.5 Å². The lowest BCUT2D eigenvalue weighted by atomic mass is 10.1. The van der Waals surface area contributed by atoms with Crippen LogP contribution in [0, 0.1) is 0 Å². The van der Waals surface area contributed by atoms with Gasteiger partial charge in [-0.25, -0.2) is 0 Å². The number of benzene rings is 1. The van der Waals surface area contributed by atoms with Crippen molar-refractivity contribution in [2.75, 3.05) is 26.3 Å². The Kier molecular flexibility index (Phi) is 5.18. The van der Waals surface area contributed by atoms with Crippen molar-refractivity contribution in [2.24, 2.45) is 0 Å². The first-order chi connectivity index (χ1) is 9.12. The number of nitrogens with one attached hydrogen (secondary N) is 1. The molecule has 1 fully saturated rings. The zero-order valence-electron chi connectivity index (χ0n) is 10.5. The van der Waals surface area contributed by atoms with Gasteiger partial charge in [0.05, 0.1) is 13.2 Å². The molecule has 2 rings (SSSR count). The lowest BCUT2D eigenvalue weighted by molar-refractivity contribution is 0.0725. The van der Waals surface area contributed by atoms with Crippen molar-refractivity contribution in [1.29, 1.82) is 0 Å². The second kappa shape index (κ2) is 6.67. The number of rotatable bonds is 5. The summed E-state index contributed by atoms with van der Waals surface area (Å²) in [5.74, 6) is 0.421. The summed E-state index contributed by atoms with van der Waals surface area (Å²) in [5.41, 5.74) is 1.87. The summed E-state index contributed by atoms with van der Waals surface area (Å²) in [6.07, 6.45) is 0. The van der Waals surface area contributed by atoms with E-state index in [0.717, 1.165) is 11.1 Å². The smallest absolute Gasteiger partial charge is 0.279 e. The first-order valence-electron chi connectivity index (χ1n) is 6.08. The topological polar surface area (TPSA) is 58.6 Å². The summed E-state index contributed by atoms with van der Waals surface area (Å²) in [6, 6.07) is 7.55. The summed E-state index contributed by atoms with van der Waals surface area (Å²) >= 11 is 5.75. The molecule has 1 aliphatic rings. The van der Waals surface area contributed by atoms with Crippen molar-refractivity contribution in [3.8, 4) is 0 Å². The van der Waals surface area contributed by atoms with Gasteiger partial charge in [0.1, 0.15) is 0 Å². The van der Waals surface area contributed by atoms with Crippen molar-refractivity contribution in [1.82, 2.24) is 9.03 Å². The van der Waals surface area contributed by atoms with E-state index in [9.17, 15) is 8.42 Å². The van der Waals surface area contributed by atoms with Crippen LogP contribution in [0.15, 0.2) is 24.3 Å². The van der Waals surface area contributed by atoms with Crippen molar-refractivity contribution in [2.45, 2.75) is 12.4 Å². The number of morpholine rings is 1. The van der Waals surface area contributed by atoms with E-state index in [2.05, 4.69) is 4.72 Å². The summed E-state index contributed by atoms with van der Waals surface area (Å²) in [7, 11) is -3.43. The highest BCUT2D eigenvalue weighted by molar-refractivity contribution is 7.87. The summed E-state index contributed by atoms with van der Waals surface area (Å²) in [6.45, 7) is 1.96. The molecule has 1 heterocycles. The van der Waals surface area contributed by atoms with Gasteiger partial charge in [-0.3, -0.25) is 0 Å². The third-order valence-corrected chi connectivity index (χ3v) is 4.78. The zero-order valence-corrected chi connectivity index (χ0v) is 12.1. The van der Waals surface area contributed by atoms with Gasteiger partial charge >= 0.3 is 0 Å². The Balaban J connectivity index is 1.96. The molecule has 0 spiro atoms. The Morgan fingerprint density at radius 1 is 1.26 bits per heavy atom. The first kappa shape index (κ1) is 14.7. The van der Waals surface area contributed by atoms with Crippen LogP contribution >= 0.6 is 11.6 Å². The Morgan fingerprint density at radius 3 is 2.63 bits per heavy atom. The minimum atomic E-state index is -3.43. The maximum atomic E-state index is 12.0. The number of halogens is 1. The van der Waals surface area contributed by atoms with Crippen LogP contribution in [0.5, 0.6) is 0 Å². The third-order valence-electron chi connectivity index (χ3n) is 2.91. The van der Waals surface area contributed by atoms with E-state index in [1.807, 2.05) is 24.3 Å². The SMILES string of the molecule is O=S(=O)(NCc1cccc(CCl)c1)N1CCOCC1. The van der Waals surface area contributed by atoms with Crippen LogP contribution in [0.4, 0.5) is 0 Å². The Bertz CT molecular complexity index is 515. The molecular weight excluding hydrogens is 288 g/mol. The number of alkyl halides is 1. The van der Waals surface area contributed by atoms with E-state index in [0.29, 0.717) is 32.2 Å². The molecule has 7 heteroatoms. The van der Waals surface area contributed by atoms with E-state index in [4.69, 9.17) is 16.3 Å². The molecule has 0 aliphatic carbocycles. The molecule has 0 unspecified atom stereocenters. The fourth-order valence-electron chi connectivity index (χ4n) is 1.88. The number of hydrogen-bond acceptors (Lipinski definition) is 3.